The van der Waals surface area contributed by atoms with Crippen LogP contribution in [0.3, 0.4) is 0 Å². The Hall–Kier alpha value is -1.71. The van der Waals surface area contributed by atoms with Crippen LogP contribution in [0.4, 0.5) is 5.69 Å². The van der Waals surface area contributed by atoms with Crippen molar-refractivity contribution in [1.29, 1.82) is 0 Å². The van der Waals surface area contributed by atoms with Crippen molar-refractivity contribution in [3.05, 3.63) is 48.5 Å². The highest BCUT2D eigenvalue weighted by Gasteiger charge is 2.12. The zero-order valence-corrected chi connectivity index (χ0v) is 13.0. The second kappa shape index (κ2) is 7.34. The standard InChI is InChI=1S/C16H15Cl2NO2/c1-2-21-14-9-4-3-8-13(14)11-6-5-7-12(10-11)19-16(20)15(17)18/h3-10,15H,2H2,1H3,(H,19,20). The fourth-order valence-corrected chi connectivity index (χ4v) is 2.06. The number of ether oxygens (including phenoxy) is 1. The largest absolute Gasteiger partial charge is 0.493 e. The van der Waals surface area contributed by atoms with Crippen molar-refractivity contribution in [3.63, 3.8) is 0 Å². The first-order valence-corrected chi connectivity index (χ1v) is 7.40. The summed E-state index contributed by atoms with van der Waals surface area (Å²) in [6, 6.07) is 15.2. The van der Waals surface area contributed by atoms with Crippen LogP contribution in [0.2, 0.25) is 0 Å². The minimum atomic E-state index is -1.09. The molecule has 0 radical (unpaired) electrons. The van der Waals surface area contributed by atoms with Gasteiger partial charge < -0.3 is 10.1 Å². The number of carbonyl (C=O) groups excluding carboxylic acids is 1. The Balaban J connectivity index is 2.31. The molecule has 0 bridgehead atoms. The van der Waals surface area contributed by atoms with Gasteiger partial charge in [-0.25, -0.2) is 0 Å². The normalized spacial score (nSPS) is 10.5. The molecule has 3 nitrogen and oxygen atoms in total. The molecule has 5 heteroatoms. The molecule has 0 spiro atoms. The molecule has 0 atom stereocenters. The van der Waals surface area contributed by atoms with Gasteiger partial charge in [-0.2, -0.15) is 0 Å². The number of alkyl halides is 2. The van der Waals surface area contributed by atoms with Crippen LogP contribution in [0.5, 0.6) is 5.75 Å². The third-order valence-corrected chi connectivity index (χ3v) is 3.22. The van der Waals surface area contributed by atoms with Crippen molar-refractivity contribution in [3.8, 4) is 16.9 Å². The Morgan fingerprint density at radius 2 is 1.95 bits per heavy atom. The van der Waals surface area contributed by atoms with E-state index in [0.717, 1.165) is 16.9 Å². The third kappa shape index (κ3) is 4.13. The van der Waals surface area contributed by atoms with Crippen LogP contribution in [0.1, 0.15) is 6.92 Å². The zero-order chi connectivity index (χ0) is 15.2. The van der Waals surface area contributed by atoms with Crippen molar-refractivity contribution in [2.24, 2.45) is 0 Å². The van der Waals surface area contributed by atoms with Gasteiger partial charge in [0, 0.05) is 11.3 Å². The maximum Gasteiger partial charge on any atom is 0.257 e. The lowest BCUT2D eigenvalue weighted by Gasteiger charge is -2.12. The van der Waals surface area contributed by atoms with Crippen LogP contribution in [0, 0.1) is 0 Å². The number of benzene rings is 2. The minimum absolute atomic E-state index is 0.450. The molecule has 0 unspecified atom stereocenters. The topological polar surface area (TPSA) is 38.3 Å². The van der Waals surface area contributed by atoms with Gasteiger partial charge in [0.2, 0.25) is 0 Å². The molecule has 0 fully saturated rings. The molecule has 0 aliphatic carbocycles. The SMILES string of the molecule is CCOc1ccccc1-c1cccc(NC(=O)C(Cl)Cl)c1. The first-order valence-electron chi connectivity index (χ1n) is 6.53. The molecule has 21 heavy (non-hydrogen) atoms. The summed E-state index contributed by atoms with van der Waals surface area (Å²) >= 11 is 11.1. The molecule has 0 aliphatic rings. The summed E-state index contributed by atoms with van der Waals surface area (Å²) < 4.78 is 5.62. The van der Waals surface area contributed by atoms with Gasteiger partial charge in [-0.05, 0) is 30.7 Å². The Bertz CT molecular complexity index is 629. The van der Waals surface area contributed by atoms with Crippen molar-refractivity contribution in [1.82, 2.24) is 0 Å². The number of carbonyl (C=O) groups is 1. The van der Waals surface area contributed by atoms with E-state index in [1.165, 1.54) is 0 Å². The summed E-state index contributed by atoms with van der Waals surface area (Å²) in [6.07, 6.45) is 0. The number of amides is 1. The fourth-order valence-electron chi connectivity index (χ4n) is 1.95. The van der Waals surface area contributed by atoms with Gasteiger partial charge in [0.05, 0.1) is 6.61 Å². The Morgan fingerprint density at radius 1 is 1.19 bits per heavy atom. The Labute approximate surface area is 133 Å². The Morgan fingerprint density at radius 3 is 2.67 bits per heavy atom. The van der Waals surface area contributed by atoms with Gasteiger partial charge in [0.1, 0.15) is 5.75 Å². The van der Waals surface area contributed by atoms with Crippen molar-refractivity contribution in [2.75, 3.05) is 11.9 Å². The first-order chi connectivity index (χ1) is 10.1. The van der Waals surface area contributed by atoms with E-state index in [4.69, 9.17) is 27.9 Å². The average molecular weight is 324 g/mol. The van der Waals surface area contributed by atoms with Gasteiger partial charge in [-0.15, -0.1) is 0 Å². The quantitative estimate of drug-likeness (QED) is 0.823. The highest BCUT2D eigenvalue weighted by Crippen LogP contribution is 2.31. The number of hydrogen-bond donors (Lipinski definition) is 1. The summed E-state index contributed by atoms with van der Waals surface area (Å²) in [5.74, 6) is 0.351. The number of nitrogens with one attached hydrogen (secondary N) is 1. The Kier molecular flexibility index (Phi) is 5.48. The van der Waals surface area contributed by atoms with E-state index in [1.54, 1.807) is 6.07 Å². The molecular weight excluding hydrogens is 309 g/mol. The molecular formula is C16H15Cl2NO2. The van der Waals surface area contributed by atoms with Crippen LogP contribution in [-0.2, 0) is 4.79 Å². The first kappa shape index (κ1) is 15.7. The van der Waals surface area contributed by atoms with E-state index in [2.05, 4.69) is 5.32 Å². The fraction of sp³-hybridized carbons (Fsp3) is 0.188. The van der Waals surface area contributed by atoms with E-state index in [-0.39, 0.29) is 0 Å². The highest BCUT2D eigenvalue weighted by atomic mass is 35.5. The van der Waals surface area contributed by atoms with Crippen LogP contribution in [0.15, 0.2) is 48.5 Å². The van der Waals surface area contributed by atoms with Gasteiger partial charge >= 0.3 is 0 Å². The number of halogens is 2. The van der Waals surface area contributed by atoms with E-state index < -0.39 is 10.7 Å². The maximum atomic E-state index is 11.5. The smallest absolute Gasteiger partial charge is 0.257 e. The van der Waals surface area contributed by atoms with Crippen molar-refractivity contribution < 1.29 is 9.53 Å². The van der Waals surface area contributed by atoms with E-state index in [9.17, 15) is 4.79 Å². The molecule has 2 aromatic carbocycles. The van der Waals surface area contributed by atoms with Crippen molar-refractivity contribution in [2.45, 2.75) is 11.8 Å². The van der Waals surface area contributed by atoms with Crippen molar-refractivity contribution >= 4 is 34.8 Å². The van der Waals surface area contributed by atoms with Crippen LogP contribution in [-0.4, -0.2) is 17.4 Å². The lowest BCUT2D eigenvalue weighted by molar-refractivity contribution is -0.114. The second-order valence-electron chi connectivity index (χ2n) is 4.30. The molecule has 2 aromatic rings. The molecule has 2 rings (SSSR count). The van der Waals surface area contributed by atoms with Crippen LogP contribution >= 0.6 is 23.2 Å². The van der Waals surface area contributed by atoms with Gasteiger partial charge in [0.25, 0.3) is 5.91 Å². The van der Waals surface area contributed by atoms with Crippen LogP contribution in [0.25, 0.3) is 11.1 Å². The van der Waals surface area contributed by atoms with Crippen LogP contribution < -0.4 is 10.1 Å². The van der Waals surface area contributed by atoms with Gasteiger partial charge in [-0.1, -0.05) is 53.5 Å². The summed E-state index contributed by atoms with van der Waals surface area (Å²) in [7, 11) is 0. The average Bonchev–Trinajstić information content (AvgIpc) is 2.48. The summed E-state index contributed by atoms with van der Waals surface area (Å²) in [5, 5.41) is 2.66. The second-order valence-corrected chi connectivity index (χ2v) is 5.40. The lowest BCUT2D eigenvalue weighted by Crippen LogP contribution is -2.18. The predicted octanol–water partition coefficient (Wildman–Crippen LogP) is 4.49. The van der Waals surface area contributed by atoms with Gasteiger partial charge in [0.15, 0.2) is 4.84 Å². The molecule has 0 saturated carbocycles. The summed E-state index contributed by atoms with van der Waals surface area (Å²) in [4.78, 5) is 10.4. The molecule has 0 heterocycles. The van der Waals surface area contributed by atoms with E-state index in [0.29, 0.717) is 12.3 Å². The van der Waals surface area contributed by atoms with E-state index in [1.807, 2.05) is 49.4 Å². The lowest BCUT2D eigenvalue weighted by atomic mass is 10.0. The molecule has 110 valence electrons. The minimum Gasteiger partial charge on any atom is -0.493 e. The molecule has 1 N–H and O–H groups in total. The molecule has 1 amide bonds. The number of hydrogen-bond acceptors (Lipinski definition) is 2. The summed E-state index contributed by atoms with van der Waals surface area (Å²) in [6.45, 7) is 2.53. The molecule has 0 saturated heterocycles. The summed E-state index contributed by atoms with van der Waals surface area (Å²) in [5.41, 5.74) is 2.54. The highest BCUT2D eigenvalue weighted by molar-refractivity contribution is 6.54. The maximum absolute atomic E-state index is 11.5. The zero-order valence-electron chi connectivity index (χ0n) is 11.5. The predicted molar refractivity (Wildman–Crippen MR) is 87.2 cm³/mol. The van der Waals surface area contributed by atoms with Gasteiger partial charge in [-0.3, -0.25) is 4.79 Å². The van der Waals surface area contributed by atoms with E-state index >= 15 is 0 Å². The number of anilines is 1. The molecule has 0 aliphatic heterocycles. The monoisotopic (exact) mass is 323 g/mol. The molecule has 0 aromatic heterocycles. The number of rotatable bonds is 5. The third-order valence-electron chi connectivity index (χ3n) is 2.83. The number of para-hydroxylation sites is 1.